The minimum atomic E-state index is -1.07. The Morgan fingerprint density at radius 2 is 1.73 bits per heavy atom. The largest absolute Gasteiger partial charge is 0.425 e. The summed E-state index contributed by atoms with van der Waals surface area (Å²) in [5.74, 6) is -0.221. The molecule has 1 unspecified atom stereocenters. The van der Waals surface area contributed by atoms with Gasteiger partial charge in [0.05, 0.1) is 5.56 Å². The number of hydrogen-bond acceptors (Lipinski definition) is 3. The number of carbonyl (C=O) groups excluding carboxylic acids is 2. The van der Waals surface area contributed by atoms with E-state index in [1.54, 1.807) is 13.0 Å². The van der Waals surface area contributed by atoms with Crippen molar-refractivity contribution in [3.05, 3.63) is 54.1 Å². The molecule has 112 valence electrons. The summed E-state index contributed by atoms with van der Waals surface area (Å²) in [6, 6.07) is 15.3. The van der Waals surface area contributed by atoms with Crippen LogP contribution in [0.1, 0.15) is 37.0 Å². The van der Waals surface area contributed by atoms with Gasteiger partial charge in [0.1, 0.15) is 11.2 Å². The Morgan fingerprint density at radius 3 is 2.41 bits per heavy atom. The summed E-state index contributed by atoms with van der Waals surface area (Å²) in [6.07, 6.45) is 1.25. The Bertz CT molecular complexity index is 734. The zero-order chi connectivity index (χ0) is 15.7. The van der Waals surface area contributed by atoms with Crippen molar-refractivity contribution in [3.63, 3.8) is 0 Å². The molecule has 1 atom stereocenters. The standard InChI is InChI=1S/C19H18O3/c1-3-11-19(2)17(20)15-12-14(13-7-5-4-6-8-13)9-10-16(15)22-18(19)21/h4-10,12H,3,11H2,1-2H3. The average molecular weight is 294 g/mol. The fourth-order valence-corrected chi connectivity index (χ4v) is 2.92. The van der Waals surface area contributed by atoms with E-state index in [0.29, 0.717) is 17.7 Å². The number of benzene rings is 2. The molecule has 0 aromatic heterocycles. The molecular weight excluding hydrogens is 276 g/mol. The van der Waals surface area contributed by atoms with E-state index in [0.717, 1.165) is 17.5 Å². The highest BCUT2D eigenvalue weighted by Gasteiger charge is 2.47. The molecule has 22 heavy (non-hydrogen) atoms. The summed E-state index contributed by atoms with van der Waals surface area (Å²) in [4.78, 5) is 25.0. The number of esters is 1. The Morgan fingerprint density at radius 1 is 1.00 bits per heavy atom. The topological polar surface area (TPSA) is 43.4 Å². The van der Waals surface area contributed by atoms with Crippen LogP contribution in [0.4, 0.5) is 0 Å². The fourth-order valence-electron chi connectivity index (χ4n) is 2.92. The molecular formula is C19H18O3. The molecule has 3 heteroatoms. The summed E-state index contributed by atoms with van der Waals surface area (Å²) in [5.41, 5.74) is 1.41. The van der Waals surface area contributed by atoms with Gasteiger partial charge in [-0.2, -0.15) is 0 Å². The first-order valence-electron chi connectivity index (χ1n) is 7.53. The number of carbonyl (C=O) groups is 2. The van der Waals surface area contributed by atoms with Gasteiger partial charge in [0.15, 0.2) is 5.78 Å². The van der Waals surface area contributed by atoms with Gasteiger partial charge in [-0.1, -0.05) is 49.7 Å². The first-order chi connectivity index (χ1) is 10.6. The summed E-state index contributed by atoms with van der Waals surface area (Å²) < 4.78 is 5.40. The third kappa shape index (κ3) is 2.23. The van der Waals surface area contributed by atoms with E-state index in [2.05, 4.69) is 0 Å². The van der Waals surface area contributed by atoms with Crippen LogP contribution in [0.15, 0.2) is 48.5 Å². The molecule has 0 saturated carbocycles. The number of Topliss-reactive ketones (excluding diaryl/α,β-unsaturated/α-hetero) is 1. The van der Waals surface area contributed by atoms with Gasteiger partial charge in [0, 0.05) is 0 Å². The maximum Gasteiger partial charge on any atom is 0.325 e. The molecule has 0 fully saturated rings. The molecule has 3 rings (SSSR count). The van der Waals surface area contributed by atoms with Crippen molar-refractivity contribution in [1.29, 1.82) is 0 Å². The predicted molar refractivity (Wildman–Crippen MR) is 84.9 cm³/mol. The second-order valence-electron chi connectivity index (χ2n) is 5.88. The lowest BCUT2D eigenvalue weighted by molar-refractivity contribution is -0.143. The molecule has 0 saturated heterocycles. The van der Waals surface area contributed by atoms with Crippen molar-refractivity contribution in [3.8, 4) is 16.9 Å². The molecule has 1 heterocycles. The van der Waals surface area contributed by atoms with Gasteiger partial charge in [-0.3, -0.25) is 9.59 Å². The molecule has 0 aliphatic carbocycles. The second-order valence-corrected chi connectivity index (χ2v) is 5.88. The molecule has 2 aromatic rings. The predicted octanol–water partition coefficient (Wildman–Crippen LogP) is 4.26. The Hall–Kier alpha value is -2.42. The van der Waals surface area contributed by atoms with Gasteiger partial charge >= 0.3 is 5.97 Å². The van der Waals surface area contributed by atoms with E-state index in [-0.39, 0.29) is 5.78 Å². The van der Waals surface area contributed by atoms with Crippen LogP contribution in [-0.2, 0) is 4.79 Å². The summed E-state index contributed by atoms with van der Waals surface area (Å²) in [5, 5.41) is 0. The van der Waals surface area contributed by atoms with Gasteiger partial charge in [-0.05, 0) is 36.6 Å². The van der Waals surface area contributed by atoms with Gasteiger partial charge in [-0.25, -0.2) is 0 Å². The molecule has 0 N–H and O–H groups in total. The second kappa shape index (κ2) is 5.41. The highest BCUT2D eigenvalue weighted by molar-refractivity contribution is 6.17. The Labute approximate surface area is 129 Å². The monoisotopic (exact) mass is 294 g/mol. The molecule has 2 aromatic carbocycles. The quantitative estimate of drug-likeness (QED) is 0.482. The molecule has 1 aliphatic heterocycles. The first-order valence-corrected chi connectivity index (χ1v) is 7.53. The number of ketones is 1. The number of hydrogen-bond donors (Lipinski definition) is 0. The summed E-state index contributed by atoms with van der Waals surface area (Å²) >= 11 is 0. The third-order valence-electron chi connectivity index (χ3n) is 4.24. The minimum Gasteiger partial charge on any atom is -0.425 e. The van der Waals surface area contributed by atoms with Crippen LogP contribution < -0.4 is 4.74 Å². The van der Waals surface area contributed by atoms with E-state index in [1.807, 2.05) is 49.4 Å². The highest BCUT2D eigenvalue weighted by atomic mass is 16.5. The van der Waals surface area contributed by atoms with Crippen LogP contribution in [0.3, 0.4) is 0 Å². The Balaban J connectivity index is 2.08. The minimum absolute atomic E-state index is 0.140. The fraction of sp³-hybridized carbons (Fsp3) is 0.263. The molecule has 0 radical (unpaired) electrons. The molecule has 3 nitrogen and oxygen atoms in total. The summed E-state index contributed by atoms with van der Waals surface area (Å²) in [7, 11) is 0. The number of rotatable bonds is 3. The third-order valence-corrected chi connectivity index (χ3v) is 4.24. The van der Waals surface area contributed by atoms with Crippen molar-refractivity contribution in [1.82, 2.24) is 0 Å². The lowest BCUT2D eigenvalue weighted by Crippen LogP contribution is -2.43. The van der Waals surface area contributed by atoms with Gasteiger partial charge in [0.25, 0.3) is 0 Å². The van der Waals surface area contributed by atoms with Crippen LogP contribution in [0, 0.1) is 5.41 Å². The maximum atomic E-state index is 12.8. The van der Waals surface area contributed by atoms with Crippen molar-refractivity contribution < 1.29 is 14.3 Å². The smallest absolute Gasteiger partial charge is 0.325 e. The van der Waals surface area contributed by atoms with Gasteiger partial charge in [-0.15, -0.1) is 0 Å². The first kappa shape index (κ1) is 14.5. The van der Waals surface area contributed by atoms with Crippen molar-refractivity contribution in [2.24, 2.45) is 5.41 Å². The van der Waals surface area contributed by atoms with Crippen LogP contribution in [0.5, 0.6) is 5.75 Å². The molecule has 1 aliphatic rings. The summed E-state index contributed by atoms with van der Waals surface area (Å²) in [6.45, 7) is 3.64. The lowest BCUT2D eigenvalue weighted by Gasteiger charge is -2.31. The SMILES string of the molecule is CCCC1(C)C(=O)Oc2ccc(-c3ccccc3)cc2C1=O. The van der Waals surface area contributed by atoms with Crippen LogP contribution in [-0.4, -0.2) is 11.8 Å². The van der Waals surface area contributed by atoms with Crippen LogP contribution in [0.25, 0.3) is 11.1 Å². The van der Waals surface area contributed by atoms with Crippen molar-refractivity contribution in [2.45, 2.75) is 26.7 Å². The number of ether oxygens (including phenoxy) is 1. The molecule has 0 amide bonds. The van der Waals surface area contributed by atoms with E-state index >= 15 is 0 Å². The molecule has 0 bridgehead atoms. The van der Waals surface area contributed by atoms with Gasteiger partial charge in [0.2, 0.25) is 0 Å². The zero-order valence-electron chi connectivity index (χ0n) is 12.8. The van der Waals surface area contributed by atoms with Crippen molar-refractivity contribution in [2.75, 3.05) is 0 Å². The highest BCUT2D eigenvalue weighted by Crippen LogP contribution is 2.40. The van der Waals surface area contributed by atoms with E-state index in [9.17, 15) is 9.59 Å². The zero-order valence-corrected chi connectivity index (χ0v) is 12.8. The lowest BCUT2D eigenvalue weighted by atomic mass is 9.76. The Kier molecular flexibility index (Phi) is 3.57. The van der Waals surface area contributed by atoms with Crippen molar-refractivity contribution >= 4 is 11.8 Å². The van der Waals surface area contributed by atoms with E-state index in [1.165, 1.54) is 0 Å². The van der Waals surface area contributed by atoms with E-state index in [4.69, 9.17) is 4.74 Å². The average Bonchev–Trinajstić information content (AvgIpc) is 2.54. The van der Waals surface area contributed by atoms with Crippen LogP contribution in [0.2, 0.25) is 0 Å². The normalized spacial score (nSPS) is 20.5. The molecule has 0 spiro atoms. The maximum absolute atomic E-state index is 12.8. The van der Waals surface area contributed by atoms with Crippen LogP contribution >= 0.6 is 0 Å². The number of fused-ring (bicyclic) bond motifs is 1. The van der Waals surface area contributed by atoms with E-state index < -0.39 is 11.4 Å². The van der Waals surface area contributed by atoms with Gasteiger partial charge < -0.3 is 4.74 Å².